The Morgan fingerprint density at radius 3 is 3.00 bits per heavy atom. The lowest BCUT2D eigenvalue weighted by Crippen LogP contribution is -2.33. The third kappa shape index (κ3) is 2.41. The third-order valence-electron chi connectivity index (χ3n) is 2.58. The zero-order valence-electron chi connectivity index (χ0n) is 9.68. The van der Waals surface area contributed by atoms with Crippen molar-refractivity contribution >= 4 is 16.9 Å². The van der Waals surface area contributed by atoms with Crippen LogP contribution in [-0.2, 0) is 4.79 Å². The summed E-state index contributed by atoms with van der Waals surface area (Å²) in [6, 6.07) is 7.40. The van der Waals surface area contributed by atoms with E-state index in [1.165, 1.54) is 0 Å². The highest BCUT2D eigenvalue weighted by Crippen LogP contribution is 2.27. The van der Waals surface area contributed by atoms with Gasteiger partial charge in [0.25, 0.3) is 5.91 Å². The van der Waals surface area contributed by atoms with E-state index in [1.54, 1.807) is 12.3 Å². The molecule has 0 aliphatic heterocycles. The van der Waals surface area contributed by atoms with Crippen molar-refractivity contribution in [1.29, 1.82) is 0 Å². The molecule has 0 aliphatic carbocycles. The molecule has 4 nitrogen and oxygen atoms in total. The molecule has 1 heterocycles. The summed E-state index contributed by atoms with van der Waals surface area (Å²) >= 11 is 0. The first-order chi connectivity index (χ1) is 8.22. The van der Waals surface area contributed by atoms with Gasteiger partial charge < -0.3 is 14.9 Å². The number of para-hydroxylation sites is 1. The second-order valence-corrected chi connectivity index (χ2v) is 3.89. The largest absolute Gasteiger partial charge is 0.477 e. The van der Waals surface area contributed by atoms with Crippen LogP contribution in [0.4, 0.5) is 0 Å². The van der Waals surface area contributed by atoms with Gasteiger partial charge >= 0.3 is 0 Å². The zero-order chi connectivity index (χ0) is 12.3. The second kappa shape index (κ2) is 4.91. The molecule has 1 atom stereocenters. The molecule has 0 spiro atoms. The van der Waals surface area contributed by atoms with Crippen molar-refractivity contribution in [1.82, 2.24) is 0 Å². The van der Waals surface area contributed by atoms with Crippen LogP contribution >= 0.6 is 0 Å². The molecule has 17 heavy (non-hydrogen) atoms. The Bertz CT molecular complexity index is 518. The number of amides is 1. The van der Waals surface area contributed by atoms with E-state index in [1.807, 2.05) is 25.1 Å². The van der Waals surface area contributed by atoms with Crippen LogP contribution in [0.25, 0.3) is 11.0 Å². The van der Waals surface area contributed by atoms with Crippen molar-refractivity contribution in [2.45, 2.75) is 25.9 Å². The lowest BCUT2D eigenvalue weighted by Gasteiger charge is -2.15. The van der Waals surface area contributed by atoms with Crippen molar-refractivity contribution in [3.8, 4) is 5.75 Å². The molecule has 0 bridgehead atoms. The second-order valence-electron chi connectivity index (χ2n) is 3.89. The van der Waals surface area contributed by atoms with E-state index in [0.717, 1.165) is 11.8 Å². The van der Waals surface area contributed by atoms with E-state index in [9.17, 15) is 4.79 Å². The number of primary amides is 1. The molecule has 0 saturated heterocycles. The van der Waals surface area contributed by atoms with E-state index in [-0.39, 0.29) is 0 Å². The molecule has 1 amide bonds. The Hall–Kier alpha value is -1.97. The molecule has 1 unspecified atom stereocenters. The van der Waals surface area contributed by atoms with E-state index in [0.29, 0.717) is 17.8 Å². The fraction of sp³-hybridized carbons (Fsp3) is 0.308. The molecule has 0 saturated carbocycles. The highest BCUT2D eigenvalue weighted by molar-refractivity contribution is 5.84. The molecule has 2 rings (SSSR count). The molecule has 0 radical (unpaired) electrons. The molecule has 1 aromatic carbocycles. The van der Waals surface area contributed by atoms with Gasteiger partial charge in [-0.1, -0.05) is 25.5 Å². The molecule has 0 fully saturated rings. The Labute approximate surface area is 99.3 Å². The van der Waals surface area contributed by atoms with Crippen LogP contribution in [-0.4, -0.2) is 12.0 Å². The smallest absolute Gasteiger partial charge is 0.258 e. The lowest BCUT2D eigenvalue weighted by molar-refractivity contribution is -0.124. The molecule has 90 valence electrons. The Morgan fingerprint density at radius 2 is 2.29 bits per heavy atom. The number of furan rings is 1. The highest BCUT2D eigenvalue weighted by atomic mass is 16.5. The van der Waals surface area contributed by atoms with Crippen molar-refractivity contribution in [2.24, 2.45) is 5.73 Å². The summed E-state index contributed by atoms with van der Waals surface area (Å²) in [5.74, 6) is 0.111. The number of hydrogen-bond acceptors (Lipinski definition) is 3. The maximum atomic E-state index is 11.2. The maximum Gasteiger partial charge on any atom is 0.258 e. The first kappa shape index (κ1) is 11.5. The molecule has 4 heteroatoms. The van der Waals surface area contributed by atoms with Gasteiger partial charge in [-0.2, -0.15) is 0 Å². The van der Waals surface area contributed by atoms with Gasteiger partial charge in [-0.05, 0) is 18.6 Å². The van der Waals surface area contributed by atoms with Crippen molar-refractivity contribution in [2.75, 3.05) is 0 Å². The highest BCUT2D eigenvalue weighted by Gasteiger charge is 2.17. The molecular weight excluding hydrogens is 218 g/mol. The summed E-state index contributed by atoms with van der Waals surface area (Å²) in [5.41, 5.74) is 5.94. The Morgan fingerprint density at radius 1 is 1.47 bits per heavy atom. The Balaban J connectivity index is 2.27. The van der Waals surface area contributed by atoms with Gasteiger partial charge in [-0.3, -0.25) is 4.79 Å². The Kier molecular flexibility index (Phi) is 3.32. The summed E-state index contributed by atoms with van der Waals surface area (Å²) in [4.78, 5) is 11.2. The van der Waals surface area contributed by atoms with Crippen molar-refractivity contribution in [3.63, 3.8) is 0 Å². The van der Waals surface area contributed by atoms with Crippen LogP contribution in [0.5, 0.6) is 5.75 Å². The number of benzene rings is 1. The SMILES string of the molecule is CCCC(Oc1cccc2ccoc12)C(N)=O. The average molecular weight is 233 g/mol. The van der Waals surface area contributed by atoms with Gasteiger partial charge in [0.2, 0.25) is 0 Å². The van der Waals surface area contributed by atoms with E-state index in [4.69, 9.17) is 14.9 Å². The predicted molar refractivity (Wildman–Crippen MR) is 64.7 cm³/mol. The predicted octanol–water partition coefficient (Wildman–Crippen LogP) is 2.47. The topological polar surface area (TPSA) is 65.5 Å². The third-order valence-corrected chi connectivity index (χ3v) is 2.58. The summed E-state index contributed by atoms with van der Waals surface area (Å²) in [6.07, 6.45) is 2.43. The minimum Gasteiger partial charge on any atom is -0.477 e. The van der Waals surface area contributed by atoms with Gasteiger partial charge in [0.1, 0.15) is 0 Å². The van der Waals surface area contributed by atoms with Crippen LogP contribution in [0.15, 0.2) is 34.9 Å². The summed E-state index contributed by atoms with van der Waals surface area (Å²) in [6.45, 7) is 1.98. The molecular formula is C13H15NO3. The minimum atomic E-state index is -0.601. The quantitative estimate of drug-likeness (QED) is 0.862. The maximum absolute atomic E-state index is 11.2. The van der Waals surface area contributed by atoms with Crippen LogP contribution in [0.2, 0.25) is 0 Å². The van der Waals surface area contributed by atoms with Gasteiger partial charge in [0.15, 0.2) is 17.4 Å². The number of fused-ring (bicyclic) bond motifs is 1. The van der Waals surface area contributed by atoms with Crippen LogP contribution in [0.1, 0.15) is 19.8 Å². The number of carbonyl (C=O) groups is 1. The number of carbonyl (C=O) groups excluding carboxylic acids is 1. The first-order valence-electron chi connectivity index (χ1n) is 5.64. The molecule has 0 aliphatic rings. The number of ether oxygens (including phenoxy) is 1. The van der Waals surface area contributed by atoms with Crippen LogP contribution < -0.4 is 10.5 Å². The minimum absolute atomic E-state index is 0.449. The van der Waals surface area contributed by atoms with Crippen molar-refractivity contribution in [3.05, 3.63) is 30.5 Å². The van der Waals surface area contributed by atoms with Crippen LogP contribution in [0.3, 0.4) is 0 Å². The number of nitrogens with two attached hydrogens (primary N) is 1. The van der Waals surface area contributed by atoms with Gasteiger partial charge in [0, 0.05) is 5.39 Å². The van der Waals surface area contributed by atoms with Crippen LogP contribution in [0, 0.1) is 0 Å². The normalized spacial score (nSPS) is 12.5. The number of hydrogen-bond donors (Lipinski definition) is 1. The van der Waals surface area contributed by atoms with E-state index < -0.39 is 12.0 Å². The lowest BCUT2D eigenvalue weighted by atomic mass is 10.2. The van der Waals surface area contributed by atoms with Gasteiger partial charge in [-0.15, -0.1) is 0 Å². The fourth-order valence-corrected chi connectivity index (χ4v) is 1.73. The monoisotopic (exact) mass is 233 g/mol. The van der Waals surface area contributed by atoms with E-state index in [2.05, 4.69) is 0 Å². The molecule has 2 N–H and O–H groups in total. The summed E-state index contributed by atoms with van der Waals surface area (Å²) in [5, 5.41) is 0.946. The standard InChI is InChI=1S/C13H15NO3/c1-2-4-11(13(14)15)17-10-6-3-5-9-7-8-16-12(9)10/h3,5-8,11H,2,4H2,1H3,(H2,14,15). The van der Waals surface area contributed by atoms with Gasteiger partial charge in [-0.25, -0.2) is 0 Å². The summed E-state index contributed by atoms with van der Waals surface area (Å²) in [7, 11) is 0. The van der Waals surface area contributed by atoms with Crippen molar-refractivity contribution < 1.29 is 13.9 Å². The van der Waals surface area contributed by atoms with Gasteiger partial charge in [0.05, 0.1) is 6.26 Å². The summed E-state index contributed by atoms with van der Waals surface area (Å²) < 4.78 is 11.0. The zero-order valence-corrected chi connectivity index (χ0v) is 9.68. The average Bonchev–Trinajstić information content (AvgIpc) is 2.77. The molecule has 1 aromatic heterocycles. The number of rotatable bonds is 5. The first-order valence-corrected chi connectivity index (χ1v) is 5.64. The van der Waals surface area contributed by atoms with E-state index >= 15 is 0 Å². The molecule has 2 aromatic rings. The fourth-order valence-electron chi connectivity index (χ4n) is 1.73.